The van der Waals surface area contributed by atoms with Gasteiger partial charge < -0.3 is 9.45 Å². The molecule has 188 valence electrons. The maximum atomic E-state index is 8.00. The van der Waals surface area contributed by atoms with Crippen molar-refractivity contribution in [3.8, 4) is 12.8 Å². The van der Waals surface area contributed by atoms with Crippen LogP contribution >= 0.6 is 0 Å². The molecule has 0 N–H and O–H groups in total. The van der Waals surface area contributed by atoms with Gasteiger partial charge in [-0.15, -0.1) is 12.8 Å². The second-order valence-corrected chi connectivity index (χ2v) is 8.94. The van der Waals surface area contributed by atoms with Gasteiger partial charge in [-0.05, 0) is 38.6 Å². The Labute approximate surface area is 204 Å². The van der Waals surface area contributed by atoms with E-state index in [0.29, 0.717) is 0 Å². The zero-order chi connectivity index (χ0) is 27.0. The maximum Gasteiger partial charge on any atom is 0.324 e. The summed E-state index contributed by atoms with van der Waals surface area (Å²) < 4.78 is 6.30. The van der Waals surface area contributed by atoms with E-state index in [1.54, 1.807) is 0 Å². The van der Waals surface area contributed by atoms with Crippen molar-refractivity contribution in [1.29, 1.82) is 0 Å². The van der Waals surface area contributed by atoms with E-state index in [0.717, 1.165) is 0 Å². The molecule has 3 heteroatoms. The summed E-state index contributed by atoms with van der Waals surface area (Å²) in [4.78, 5) is 8.00. The molecule has 0 heterocycles. The standard InChI is InChI=1S/C16H27BO.2C4H10.C2H6.C2H2.CH2O/c1-12-9-13(2)11-14(10-12)17(8)18-16(6,7)15(3,4)5;2*1-3-4-2;3*1-2/h9-11H,1-8H3;2*3-4H2,1-2H3;1-2H3;1-2H;1H2. The average molecular weight is 449 g/mol. The first-order valence-corrected chi connectivity index (χ1v) is 12.2. The van der Waals surface area contributed by atoms with Gasteiger partial charge in [0.05, 0.1) is 5.60 Å². The molecule has 0 fully saturated rings. The molecule has 0 saturated heterocycles. The van der Waals surface area contributed by atoms with Crippen LogP contribution in [0, 0.1) is 32.1 Å². The Morgan fingerprint density at radius 1 is 0.781 bits per heavy atom. The van der Waals surface area contributed by atoms with Crippen LogP contribution in [0.2, 0.25) is 6.82 Å². The lowest BCUT2D eigenvalue weighted by Gasteiger charge is -2.41. The Bertz CT molecular complexity index is 499. The molecule has 0 aliphatic carbocycles. The number of carbonyl (C=O) groups is 1. The van der Waals surface area contributed by atoms with Crippen LogP contribution in [0.15, 0.2) is 18.2 Å². The SMILES string of the molecule is C#C.C=O.CB(OC(C)(C)C(C)(C)C)c1cc(C)cc(C)c1.CC.CCCC.CCCC. The van der Waals surface area contributed by atoms with E-state index in [-0.39, 0.29) is 17.9 Å². The van der Waals surface area contributed by atoms with Gasteiger partial charge >= 0.3 is 6.92 Å². The lowest BCUT2D eigenvalue weighted by Crippen LogP contribution is -2.47. The first-order valence-electron chi connectivity index (χ1n) is 12.2. The van der Waals surface area contributed by atoms with Gasteiger partial charge in [0.15, 0.2) is 0 Å². The summed E-state index contributed by atoms with van der Waals surface area (Å²) in [5, 5.41) is 0. The number of benzene rings is 1. The monoisotopic (exact) mass is 448 g/mol. The molecular weight excluding hydrogens is 391 g/mol. The van der Waals surface area contributed by atoms with Crippen LogP contribution in [0.5, 0.6) is 0 Å². The van der Waals surface area contributed by atoms with Gasteiger partial charge in [0.1, 0.15) is 6.79 Å². The Hall–Kier alpha value is -1.53. The van der Waals surface area contributed by atoms with Gasteiger partial charge in [-0.2, -0.15) is 0 Å². The highest BCUT2D eigenvalue weighted by Gasteiger charge is 2.35. The van der Waals surface area contributed by atoms with Crippen molar-refractivity contribution in [2.75, 3.05) is 0 Å². The average Bonchev–Trinajstić information content (AvgIpc) is 2.76. The summed E-state index contributed by atoms with van der Waals surface area (Å²) in [5.41, 5.74) is 3.84. The maximum absolute atomic E-state index is 8.00. The highest BCUT2D eigenvalue weighted by atomic mass is 16.5. The topological polar surface area (TPSA) is 26.3 Å². The first kappa shape index (κ1) is 40.8. The minimum Gasteiger partial charge on any atom is -0.426 e. The van der Waals surface area contributed by atoms with Crippen molar-refractivity contribution in [3.63, 3.8) is 0 Å². The number of rotatable bonds is 5. The molecule has 32 heavy (non-hydrogen) atoms. The molecule has 0 aromatic heterocycles. The van der Waals surface area contributed by atoms with E-state index in [1.807, 2.05) is 20.6 Å². The number of carbonyl (C=O) groups excluding carboxylic acids is 1. The molecule has 0 spiro atoms. The number of terminal acetylenes is 1. The molecule has 0 radical (unpaired) electrons. The molecule has 1 aromatic carbocycles. The summed E-state index contributed by atoms with van der Waals surface area (Å²) in [7, 11) is 0. The third kappa shape index (κ3) is 23.1. The molecule has 0 unspecified atom stereocenters. The summed E-state index contributed by atoms with van der Waals surface area (Å²) in [6.45, 7) is 32.3. The Kier molecular flexibility index (Phi) is 32.8. The number of hydrogen-bond donors (Lipinski definition) is 0. The fourth-order valence-electron chi connectivity index (χ4n) is 1.93. The number of hydrogen-bond acceptors (Lipinski definition) is 2. The molecule has 0 aliphatic rings. The van der Waals surface area contributed by atoms with Crippen LogP contribution in [-0.2, 0) is 9.45 Å². The highest BCUT2D eigenvalue weighted by Crippen LogP contribution is 2.33. The molecule has 1 aromatic rings. The van der Waals surface area contributed by atoms with Crippen LogP contribution in [0.1, 0.15) is 113 Å². The Balaban J connectivity index is -0.000000144. The van der Waals surface area contributed by atoms with Gasteiger partial charge in [-0.25, -0.2) is 0 Å². The van der Waals surface area contributed by atoms with Crippen molar-refractivity contribution in [3.05, 3.63) is 29.3 Å². The van der Waals surface area contributed by atoms with E-state index in [2.05, 4.69) is 114 Å². The second kappa shape index (κ2) is 25.7. The van der Waals surface area contributed by atoms with E-state index in [9.17, 15) is 0 Å². The smallest absolute Gasteiger partial charge is 0.324 e. The van der Waals surface area contributed by atoms with Crippen LogP contribution in [-0.4, -0.2) is 19.3 Å². The normalized spacial score (nSPS) is 9.38. The van der Waals surface area contributed by atoms with Crippen molar-refractivity contribution in [2.45, 2.75) is 128 Å². The zero-order valence-electron chi connectivity index (χ0n) is 24.3. The Morgan fingerprint density at radius 2 is 1.06 bits per heavy atom. The largest absolute Gasteiger partial charge is 0.426 e. The molecule has 2 nitrogen and oxygen atoms in total. The van der Waals surface area contributed by atoms with E-state index < -0.39 is 0 Å². The third-order valence-electron chi connectivity index (χ3n) is 4.99. The quantitative estimate of drug-likeness (QED) is 0.333. The van der Waals surface area contributed by atoms with Crippen molar-refractivity contribution < 1.29 is 9.45 Å². The number of unbranched alkanes of at least 4 members (excludes halogenated alkanes) is 2. The van der Waals surface area contributed by atoms with Gasteiger partial charge in [0, 0.05) is 0 Å². The molecule has 1 rings (SSSR count). The summed E-state index contributed by atoms with van der Waals surface area (Å²) in [5.74, 6) is 0. The van der Waals surface area contributed by atoms with Gasteiger partial charge in [-0.1, -0.05) is 124 Å². The van der Waals surface area contributed by atoms with E-state index in [1.165, 1.54) is 42.3 Å². The van der Waals surface area contributed by atoms with Crippen LogP contribution in [0.4, 0.5) is 0 Å². The Morgan fingerprint density at radius 3 is 1.28 bits per heavy atom. The molecular formula is C29H57BO2. The second-order valence-electron chi connectivity index (χ2n) is 8.94. The van der Waals surface area contributed by atoms with Crippen LogP contribution < -0.4 is 5.46 Å². The summed E-state index contributed by atoms with van der Waals surface area (Å²) >= 11 is 0. The predicted octanol–water partition coefficient (Wildman–Crippen LogP) is 8.68. The summed E-state index contributed by atoms with van der Waals surface area (Å²) in [6.07, 6.45) is 13.3. The van der Waals surface area contributed by atoms with E-state index >= 15 is 0 Å². The molecule has 0 aliphatic heterocycles. The highest BCUT2D eigenvalue weighted by molar-refractivity contribution is 6.66. The van der Waals surface area contributed by atoms with Gasteiger partial charge in [0.25, 0.3) is 0 Å². The van der Waals surface area contributed by atoms with Gasteiger partial charge in [-0.3, -0.25) is 0 Å². The zero-order valence-corrected chi connectivity index (χ0v) is 24.3. The minimum absolute atomic E-state index is 0.123. The fourth-order valence-corrected chi connectivity index (χ4v) is 1.93. The lowest BCUT2D eigenvalue weighted by molar-refractivity contribution is -0.0980. The first-order chi connectivity index (χ1) is 14.9. The van der Waals surface area contributed by atoms with Crippen molar-refractivity contribution in [2.24, 2.45) is 5.41 Å². The van der Waals surface area contributed by atoms with Crippen LogP contribution in [0.3, 0.4) is 0 Å². The van der Waals surface area contributed by atoms with Gasteiger partial charge in [0.2, 0.25) is 0 Å². The number of aryl methyl sites for hydroxylation is 2. The van der Waals surface area contributed by atoms with Crippen molar-refractivity contribution >= 4 is 19.2 Å². The molecule has 0 bridgehead atoms. The van der Waals surface area contributed by atoms with Crippen molar-refractivity contribution in [1.82, 2.24) is 0 Å². The molecule has 0 atom stereocenters. The lowest BCUT2D eigenvalue weighted by atomic mass is 9.61. The van der Waals surface area contributed by atoms with E-state index in [4.69, 9.17) is 9.45 Å². The fraction of sp³-hybridized carbons (Fsp3) is 0.690. The third-order valence-corrected chi connectivity index (χ3v) is 4.99. The summed E-state index contributed by atoms with van der Waals surface area (Å²) in [6, 6.07) is 6.64. The predicted molar refractivity (Wildman–Crippen MR) is 151 cm³/mol. The minimum atomic E-state index is -0.149. The molecule has 0 saturated carbocycles. The molecule has 0 amide bonds. The van der Waals surface area contributed by atoms with Crippen LogP contribution in [0.25, 0.3) is 0 Å².